The smallest absolute Gasteiger partial charge is 0.287 e. The highest BCUT2D eigenvalue weighted by atomic mass is 16.3. The molecule has 14 heteroatoms. The Balaban J connectivity index is 1.50. The van der Waals surface area contributed by atoms with Gasteiger partial charge in [0, 0.05) is 36.3 Å². The number of rotatable bonds is 10. The van der Waals surface area contributed by atoms with Crippen molar-refractivity contribution in [1.29, 1.82) is 0 Å². The molecule has 47 heavy (non-hydrogen) atoms. The number of nitrogens with two attached hydrogens (primary N) is 1. The summed E-state index contributed by atoms with van der Waals surface area (Å²) in [6.45, 7) is 4.47. The van der Waals surface area contributed by atoms with Gasteiger partial charge in [-0.2, -0.15) is 0 Å². The largest absolute Gasteiger partial charge is 0.384 e. The monoisotopic (exact) mass is 644 g/mol. The number of hydrogen-bond acceptors (Lipinski definition) is 9. The molecule has 1 unspecified atom stereocenters. The van der Waals surface area contributed by atoms with Gasteiger partial charge in [0.05, 0.1) is 24.0 Å². The van der Waals surface area contributed by atoms with Gasteiger partial charge in [-0.25, -0.2) is 9.67 Å². The minimum atomic E-state index is -1.32. The van der Waals surface area contributed by atoms with E-state index in [1.165, 1.54) is 22.7 Å². The number of amides is 4. The normalized spacial score (nSPS) is 19.8. The number of pyridine rings is 1. The molecule has 1 saturated carbocycles. The summed E-state index contributed by atoms with van der Waals surface area (Å²) < 4.78 is 1.48. The van der Waals surface area contributed by atoms with Crippen LogP contribution in [-0.4, -0.2) is 83.7 Å². The zero-order chi connectivity index (χ0) is 33.9. The van der Waals surface area contributed by atoms with E-state index in [1.807, 2.05) is 0 Å². The van der Waals surface area contributed by atoms with Crippen molar-refractivity contribution in [1.82, 2.24) is 30.2 Å². The number of carbonyl (C=O) groups is 5. The molecule has 14 nitrogen and oxygen atoms in total. The first kappa shape index (κ1) is 33.5. The predicted molar refractivity (Wildman–Crippen MR) is 171 cm³/mol. The topological polar surface area (TPSA) is 203 Å². The van der Waals surface area contributed by atoms with Crippen LogP contribution < -0.4 is 11.1 Å². The quantitative estimate of drug-likeness (QED) is 0.218. The molecule has 248 valence electrons. The molecule has 0 radical (unpaired) electrons. The molecule has 2 aromatic heterocycles. The van der Waals surface area contributed by atoms with Crippen LogP contribution in [0.2, 0.25) is 0 Å². The van der Waals surface area contributed by atoms with Crippen LogP contribution in [0.3, 0.4) is 0 Å². The number of ketones is 1. The van der Waals surface area contributed by atoms with E-state index in [1.54, 1.807) is 50.5 Å². The van der Waals surface area contributed by atoms with Crippen molar-refractivity contribution in [3.63, 3.8) is 0 Å². The van der Waals surface area contributed by atoms with Crippen LogP contribution in [0.15, 0.2) is 47.8 Å². The standard InChI is InChI=1S/C33H40N8O6/c1-19(28(42)29(34)43)37-31(45)26-15-24(41-27(17-36-39-41)33(2,3)47)18-40(26)32(46)25(13-20-7-5-4-6-8-20)38-30(44)22-9-10-23-16-35-12-11-21(23)14-22/h9-12,14,16-17,19-20,24,26,47H,4-8,13,15,18H2,1-3H3,(H2,34,43)(H,37,45)/t19?,24-,26-/m0/s1. The third-order valence-corrected chi connectivity index (χ3v) is 8.96. The summed E-state index contributed by atoms with van der Waals surface area (Å²) in [4.78, 5) is 75.2. The molecule has 5 rings (SSSR count). The lowest BCUT2D eigenvalue weighted by atomic mass is 9.85. The molecule has 3 aromatic rings. The van der Waals surface area contributed by atoms with Crippen LogP contribution in [0, 0.1) is 5.92 Å². The lowest BCUT2D eigenvalue weighted by Crippen LogP contribution is -2.52. The summed E-state index contributed by atoms with van der Waals surface area (Å²) >= 11 is 0. The lowest BCUT2D eigenvalue weighted by Gasteiger charge is -2.27. The Hall–Kier alpha value is -4.85. The number of nitrogens with one attached hydrogen (secondary N) is 1. The lowest BCUT2D eigenvalue weighted by molar-refractivity contribution is -0.139. The van der Waals surface area contributed by atoms with Crippen molar-refractivity contribution in [2.45, 2.75) is 89.4 Å². The van der Waals surface area contributed by atoms with Crippen LogP contribution >= 0.6 is 0 Å². The predicted octanol–water partition coefficient (Wildman–Crippen LogP) is 2.01. The Bertz CT molecular complexity index is 1720. The highest BCUT2D eigenvalue weighted by molar-refractivity contribution is 6.41. The molecule has 2 aliphatic rings. The number of aliphatic imine (C=N–C) groups is 1. The first-order valence-corrected chi connectivity index (χ1v) is 15.9. The minimum Gasteiger partial charge on any atom is -0.384 e. The van der Waals surface area contributed by atoms with E-state index in [-0.39, 0.29) is 31.0 Å². The second-order valence-electron chi connectivity index (χ2n) is 13.0. The SMILES string of the molecule is CC(NC(=O)[C@@H]1C[C@H](n2nncc2C(C)(C)O)CN1C(=O)C(CC1CCCCC1)=NC(=O)c1ccc2cnccc2c1)C(=O)C(N)=O. The number of aliphatic hydroxyl groups is 1. The molecular weight excluding hydrogens is 604 g/mol. The summed E-state index contributed by atoms with van der Waals surface area (Å²) in [5, 5.41) is 23.0. The number of primary amides is 1. The Morgan fingerprint density at radius 2 is 1.83 bits per heavy atom. The van der Waals surface area contributed by atoms with E-state index in [0.717, 1.165) is 42.9 Å². The molecule has 0 bridgehead atoms. The third-order valence-electron chi connectivity index (χ3n) is 8.96. The number of carbonyl (C=O) groups excluding carboxylic acids is 5. The summed E-state index contributed by atoms with van der Waals surface area (Å²) in [6.07, 6.45) is 9.94. The summed E-state index contributed by atoms with van der Waals surface area (Å²) in [6, 6.07) is 3.97. The molecular formula is C33H40N8O6. The third kappa shape index (κ3) is 7.59. The van der Waals surface area contributed by atoms with Crippen LogP contribution in [-0.2, 0) is 24.8 Å². The maximum absolute atomic E-state index is 14.5. The van der Waals surface area contributed by atoms with Gasteiger partial charge >= 0.3 is 0 Å². The van der Waals surface area contributed by atoms with Gasteiger partial charge in [-0.3, -0.25) is 29.0 Å². The van der Waals surface area contributed by atoms with Crippen molar-refractivity contribution < 1.29 is 29.1 Å². The van der Waals surface area contributed by atoms with Crippen molar-refractivity contribution in [3.05, 3.63) is 54.1 Å². The van der Waals surface area contributed by atoms with Crippen molar-refractivity contribution in [3.8, 4) is 0 Å². The van der Waals surface area contributed by atoms with Crippen molar-refractivity contribution >= 4 is 45.9 Å². The van der Waals surface area contributed by atoms with Gasteiger partial charge in [-0.1, -0.05) is 43.4 Å². The Labute approximate surface area is 271 Å². The number of likely N-dealkylation sites (tertiary alicyclic amines) is 1. The molecule has 1 aliphatic heterocycles. The molecule has 4 N–H and O–H groups in total. The van der Waals surface area contributed by atoms with Gasteiger partial charge in [-0.05, 0) is 56.7 Å². The summed E-state index contributed by atoms with van der Waals surface area (Å²) in [5.41, 5.74) is 4.55. The first-order chi connectivity index (χ1) is 22.3. The number of hydrogen-bond donors (Lipinski definition) is 3. The molecule has 4 amide bonds. The van der Waals surface area contributed by atoms with Crippen molar-refractivity contribution in [2.24, 2.45) is 16.6 Å². The number of fused-ring (bicyclic) bond motifs is 1. The highest BCUT2D eigenvalue weighted by Gasteiger charge is 2.44. The second-order valence-corrected chi connectivity index (χ2v) is 13.0. The van der Waals surface area contributed by atoms with E-state index in [4.69, 9.17) is 5.73 Å². The van der Waals surface area contributed by atoms with E-state index >= 15 is 0 Å². The van der Waals surface area contributed by atoms with E-state index in [0.29, 0.717) is 11.3 Å². The van der Waals surface area contributed by atoms with Gasteiger partial charge < -0.3 is 21.1 Å². The van der Waals surface area contributed by atoms with Gasteiger partial charge in [0.15, 0.2) is 0 Å². The van der Waals surface area contributed by atoms with Crippen LogP contribution in [0.4, 0.5) is 0 Å². The van der Waals surface area contributed by atoms with Gasteiger partial charge in [-0.15, -0.1) is 5.10 Å². The van der Waals surface area contributed by atoms with Gasteiger partial charge in [0.1, 0.15) is 17.4 Å². The average Bonchev–Trinajstić information content (AvgIpc) is 3.72. The maximum Gasteiger partial charge on any atom is 0.287 e. The molecule has 1 aliphatic carbocycles. The van der Waals surface area contributed by atoms with Gasteiger partial charge in [0.25, 0.3) is 17.7 Å². The van der Waals surface area contributed by atoms with Crippen LogP contribution in [0.5, 0.6) is 0 Å². The van der Waals surface area contributed by atoms with Crippen LogP contribution in [0.1, 0.15) is 87.8 Å². The molecule has 3 atom stereocenters. The molecule has 1 aromatic carbocycles. The number of nitrogens with zero attached hydrogens (tertiary/aromatic N) is 6. The van der Waals surface area contributed by atoms with Gasteiger partial charge in [0.2, 0.25) is 11.7 Å². The summed E-state index contributed by atoms with van der Waals surface area (Å²) in [5.74, 6) is -3.89. The second kappa shape index (κ2) is 13.9. The molecule has 3 heterocycles. The van der Waals surface area contributed by atoms with E-state index < -0.39 is 53.1 Å². The number of benzene rings is 1. The Morgan fingerprint density at radius 1 is 1.09 bits per heavy atom. The number of aromatic nitrogens is 4. The first-order valence-electron chi connectivity index (χ1n) is 15.9. The zero-order valence-electron chi connectivity index (χ0n) is 26.8. The number of Topliss-reactive ketones (excluding diaryl/α,β-unsaturated/α-hetero) is 1. The fourth-order valence-corrected chi connectivity index (χ4v) is 6.42. The Kier molecular flexibility index (Phi) is 9.89. The van der Waals surface area contributed by atoms with Crippen LogP contribution in [0.25, 0.3) is 10.8 Å². The molecule has 1 saturated heterocycles. The molecule has 0 spiro atoms. The molecule has 2 fully saturated rings. The van der Waals surface area contributed by atoms with E-state index in [9.17, 15) is 29.1 Å². The van der Waals surface area contributed by atoms with Crippen molar-refractivity contribution in [2.75, 3.05) is 6.54 Å². The highest BCUT2D eigenvalue weighted by Crippen LogP contribution is 2.33. The van der Waals surface area contributed by atoms with E-state index in [2.05, 4.69) is 25.6 Å². The fraction of sp³-hybridized carbons (Fsp3) is 0.485. The minimum absolute atomic E-state index is 0.0115. The summed E-state index contributed by atoms with van der Waals surface area (Å²) in [7, 11) is 0. The zero-order valence-corrected chi connectivity index (χ0v) is 26.8. The maximum atomic E-state index is 14.5. The fourth-order valence-electron chi connectivity index (χ4n) is 6.42. The Morgan fingerprint density at radius 3 is 2.53 bits per heavy atom. The average molecular weight is 645 g/mol.